The maximum absolute atomic E-state index is 12.4. The van der Waals surface area contributed by atoms with Crippen molar-refractivity contribution in [1.82, 2.24) is 10.3 Å². The minimum Gasteiger partial charge on any atom is -0.479 e. The molecule has 1 unspecified atom stereocenters. The topological polar surface area (TPSA) is 88.5 Å². The lowest BCUT2D eigenvalue weighted by molar-refractivity contribution is -0.151. The fraction of sp³-hybridized carbons (Fsp3) is 0.421. The van der Waals surface area contributed by atoms with Crippen molar-refractivity contribution < 1.29 is 19.4 Å². The maximum Gasteiger partial charge on any atom is 0.332 e. The van der Waals surface area contributed by atoms with Crippen LogP contribution in [0.2, 0.25) is 0 Å². The van der Waals surface area contributed by atoms with Crippen molar-refractivity contribution in [3.05, 3.63) is 40.4 Å². The molecule has 2 heterocycles. The second-order valence-corrected chi connectivity index (χ2v) is 7.62. The Balaban J connectivity index is 1.68. The Morgan fingerprint density at radius 2 is 1.88 bits per heavy atom. The van der Waals surface area contributed by atoms with Crippen molar-refractivity contribution in [2.45, 2.75) is 51.9 Å². The molecule has 7 heteroatoms. The predicted molar refractivity (Wildman–Crippen MR) is 99.1 cm³/mol. The first kappa shape index (κ1) is 18.5. The molecule has 3 rings (SSSR count). The number of ether oxygens (including phenoxy) is 1. The van der Waals surface area contributed by atoms with E-state index in [0.29, 0.717) is 12.8 Å². The highest BCUT2D eigenvalue weighted by molar-refractivity contribution is 7.15. The molecule has 1 saturated heterocycles. The minimum absolute atomic E-state index is 0.216. The highest BCUT2D eigenvalue weighted by atomic mass is 32.1. The van der Waals surface area contributed by atoms with E-state index >= 15 is 0 Å². The normalized spacial score (nSPS) is 20.7. The number of nitrogens with zero attached hydrogens (tertiary/aromatic N) is 1. The molecule has 2 aromatic rings. The van der Waals surface area contributed by atoms with Gasteiger partial charge in [0, 0.05) is 5.56 Å². The molecule has 1 fully saturated rings. The zero-order chi connectivity index (χ0) is 18.8. The molecule has 1 aromatic heterocycles. The van der Waals surface area contributed by atoms with Gasteiger partial charge in [0.1, 0.15) is 11.1 Å². The van der Waals surface area contributed by atoms with Gasteiger partial charge >= 0.3 is 5.97 Å². The summed E-state index contributed by atoms with van der Waals surface area (Å²) in [6.45, 7) is 5.87. The minimum atomic E-state index is -1.02. The van der Waals surface area contributed by atoms with Gasteiger partial charge < -0.3 is 15.2 Å². The molecule has 6 nitrogen and oxygen atoms in total. The van der Waals surface area contributed by atoms with Crippen molar-refractivity contribution >= 4 is 23.2 Å². The summed E-state index contributed by atoms with van der Waals surface area (Å²) < 4.78 is 5.31. The second-order valence-electron chi connectivity index (χ2n) is 6.59. The van der Waals surface area contributed by atoms with Gasteiger partial charge in [-0.05, 0) is 33.6 Å². The zero-order valence-electron chi connectivity index (χ0n) is 15.0. The van der Waals surface area contributed by atoms with Crippen LogP contribution in [0.25, 0.3) is 10.6 Å². The lowest BCUT2D eigenvalue weighted by atomic mass is 10.1. The predicted octanol–water partition coefficient (Wildman–Crippen LogP) is 3.24. The molecule has 1 aliphatic heterocycles. The summed E-state index contributed by atoms with van der Waals surface area (Å²) in [5, 5.41) is 12.8. The Morgan fingerprint density at radius 3 is 2.50 bits per heavy atom. The van der Waals surface area contributed by atoms with Crippen LogP contribution in [0.4, 0.5) is 0 Å². The molecule has 0 spiro atoms. The molecular formula is C19H22N2O4S. The number of carbonyl (C=O) groups is 2. The lowest BCUT2D eigenvalue weighted by Crippen LogP contribution is -2.37. The fourth-order valence-electron chi connectivity index (χ4n) is 3.01. The van der Waals surface area contributed by atoms with Crippen molar-refractivity contribution in [3.63, 3.8) is 0 Å². The molecule has 2 N–H and O–H groups in total. The maximum atomic E-state index is 12.4. The smallest absolute Gasteiger partial charge is 0.332 e. The monoisotopic (exact) mass is 374 g/mol. The van der Waals surface area contributed by atoms with Gasteiger partial charge in [0.05, 0.1) is 16.6 Å². The molecule has 26 heavy (non-hydrogen) atoms. The molecule has 138 valence electrons. The van der Waals surface area contributed by atoms with E-state index in [4.69, 9.17) is 9.84 Å². The van der Waals surface area contributed by atoms with E-state index in [1.54, 1.807) is 11.3 Å². The Kier molecular flexibility index (Phi) is 5.38. The van der Waals surface area contributed by atoms with Gasteiger partial charge in [0.25, 0.3) is 0 Å². The third kappa shape index (κ3) is 3.94. The van der Waals surface area contributed by atoms with Crippen LogP contribution in [0.15, 0.2) is 24.3 Å². The zero-order valence-corrected chi connectivity index (χ0v) is 15.8. The largest absolute Gasteiger partial charge is 0.479 e. The third-order valence-corrected chi connectivity index (χ3v) is 5.86. The van der Waals surface area contributed by atoms with E-state index in [1.807, 2.05) is 45.0 Å². The van der Waals surface area contributed by atoms with Crippen LogP contribution in [0, 0.1) is 13.8 Å². The van der Waals surface area contributed by atoms with Gasteiger partial charge in [-0.3, -0.25) is 4.79 Å². The van der Waals surface area contributed by atoms with Crippen LogP contribution in [0.1, 0.15) is 41.9 Å². The fourth-order valence-corrected chi connectivity index (χ4v) is 4.09. The van der Waals surface area contributed by atoms with Gasteiger partial charge in [-0.15, -0.1) is 11.3 Å². The number of nitrogens with one attached hydrogen (secondary N) is 1. The van der Waals surface area contributed by atoms with E-state index in [-0.39, 0.29) is 11.9 Å². The summed E-state index contributed by atoms with van der Waals surface area (Å²) >= 11 is 1.56. The van der Waals surface area contributed by atoms with Crippen LogP contribution in [-0.4, -0.2) is 34.2 Å². The molecule has 1 aromatic carbocycles. The van der Waals surface area contributed by atoms with E-state index in [2.05, 4.69) is 10.3 Å². The number of carboxylic acids is 1. The average molecular weight is 374 g/mol. The average Bonchev–Trinajstić information content (AvgIpc) is 3.22. The van der Waals surface area contributed by atoms with E-state index in [9.17, 15) is 9.59 Å². The van der Waals surface area contributed by atoms with Crippen molar-refractivity contribution in [3.8, 4) is 10.6 Å². The number of thiazole rings is 1. The standard InChI is InChI=1S/C19H22N2O4S/c1-10-4-6-13(7-5-10)18-21-12(3)16(26-18)11(2)20-17(22)14-8-9-15(25-14)19(23)24/h4-7,11,14-15H,8-9H2,1-3H3,(H,20,22)(H,23,24)/t11?,14-,15+/m0/s1. The number of benzene rings is 1. The van der Waals surface area contributed by atoms with E-state index < -0.39 is 18.2 Å². The number of aliphatic carboxylic acids is 1. The number of rotatable bonds is 5. The van der Waals surface area contributed by atoms with Crippen LogP contribution in [-0.2, 0) is 14.3 Å². The number of carboxylic acid groups (broad SMARTS) is 1. The molecule has 0 saturated carbocycles. The highest BCUT2D eigenvalue weighted by Gasteiger charge is 2.35. The summed E-state index contributed by atoms with van der Waals surface area (Å²) in [6, 6.07) is 7.96. The van der Waals surface area contributed by atoms with E-state index in [0.717, 1.165) is 21.1 Å². The van der Waals surface area contributed by atoms with Crippen LogP contribution < -0.4 is 5.32 Å². The number of aryl methyl sites for hydroxylation is 2. The lowest BCUT2D eigenvalue weighted by Gasteiger charge is -2.16. The van der Waals surface area contributed by atoms with Crippen molar-refractivity contribution in [1.29, 1.82) is 0 Å². The number of hydrogen-bond donors (Lipinski definition) is 2. The Labute approximate surface area is 156 Å². The summed E-state index contributed by atoms with van der Waals surface area (Å²) in [5.41, 5.74) is 3.13. The number of hydrogen-bond acceptors (Lipinski definition) is 5. The summed E-state index contributed by atoms with van der Waals surface area (Å²) in [7, 11) is 0. The first-order chi connectivity index (χ1) is 12.3. The molecule has 1 amide bonds. The van der Waals surface area contributed by atoms with Crippen molar-refractivity contribution in [2.24, 2.45) is 0 Å². The molecule has 0 bridgehead atoms. The highest BCUT2D eigenvalue weighted by Crippen LogP contribution is 2.32. The first-order valence-electron chi connectivity index (χ1n) is 8.58. The van der Waals surface area contributed by atoms with Crippen molar-refractivity contribution in [2.75, 3.05) is 0 Å². The summed E-state index contributed by atoms with van der Waals surface area (Å²) in [6.07, 6.45) is -0.812. The number of amides is 1. The molecule has 0 aliphatic carbocycles. The molecular weight excluding hydrogens is 352 g/mol. The van der Waals surface area contributed by atoms with Crippen LogP contribution in [0.5, 0.6) is 0 Å². The number of aromatic nitrogens is 1. The van der Waals surface area contributed by atoms with Gasteiger partial charge in [0.2, 0.25) is 5.91 Å². The summed E-state index contributed by atoms with van der Waals surface area (Å²) in [4.78, 5) is 28.9. The van der Waals surface area contributed by atoms with Gasteiger partial charge in [-0.2, -0.15) is 0 Å². The Hall–Kier alpha value is -2.25. The van der Waals surface area contributed by atoms with Gasteiger partial charge in [-0.25, -0.2) is 9.78 Å². The number of carbonyl (C=O) groups excluding carboxylic acids is 1. The van der Waals surface area contributed by atoms with Gasteiger partial charge in [-0.1, -0.05) is 29.8 Å². The van der Waals surface area contributed by atoms with Crippen LogP contribution in [0.3, 0.4) is 0 Å². The van der Waals surface area contributed by atoms with E-state index in [1.165, 1.54) is 5.56 Å². The molecule has 3 atom stereocenters. The quantitative estimate of drug-likeness (QED) is 0.839. The Bertz CT molecular complexity index is 815. The van der Waals surface area contributed by atoms with Crippen LogP contribution >= 0.6 is 11.3 Å². The molecule has 1 aliphatic rings. The summed E-state index contributed by atoms with van der Waals surface area (Å²) in [5.74, 6) is -1.29. The SMILES string of the molecule is Cc1ccc(-c2nc(C)c(C(C)NC(=O)[C@@H]3CC[C@H](C(=O)O)O3)s2)cc1. The second kappa shape index (κ2) is 7.55. The Morgan fingerprint density at radius 1 is 1.23 bits per heavy atom. The van der Waals surface area contributed by atoms with Gasteiger partial charge in [0.15, 0.2) is 6.10 Å². The third-order valence-electron chi connectivity index (χ3n) is 4.47. The first-order valence-corrected chi connectivity index (χ1v) is 9.40. The molecule has 0 radical (unpaired) electrons.